The van der Waals surface area contributed by atoms with Crippen LogP contribution in [0.15, 0.2) is 108 Å². The average Bonchev–Trinajstić information content (AvgIpc) is 3.05. The molecule has 0 bridgehead atoms. The van der Waals surface area contributed by atoms with E-state index >= 15 is 0 Å². The molecule has 1 aliphatic heterocycles. The minimum absolute atomic E-state index is 0.0173. The third-order valence-corrected chi connectivity index (χ3v) is 9.31. The van der Waals surface area contributed by atoms with Gasteiger partial charge in [0.15, 0.2) is 6.10 Å². The molecule has 0 unspecified atom stereocenters. The van der Waals surface area contributed by atoms with Crippen molar-refractivity contribution in [2.75, 3.05) is 31.1 Å². The highest BCUT2D eigenvalue weighted by atomic mass is 32.2. The molecular weight excluding hydrogens is 590 g/mol. The molecule has 1 heterocycles. The summed E-state index contributed by atoms with van der Waals surface area (Å²) in [6.07, 6.45) is -0.317. The lowest BCUT2D eigenvalue weighted by molar-refractivity contribution is -0.128. The number of nitrogens with one attached hydrogen (secondary N) is 1. The van der Waals surface area contributed by atoms with E-state index in [0.29, 0.717) is 42.3 Å². The predicted octanol–water partition coefficient (Wildman–Crippen LogP) is 4.74. The number of carbonyl (C=O) groups excluding carboxylic acids is 2. The highest BCUT2D eigenvalue weighted by Gasteiger charge is 2.36. The van der Waals surface area contributed by atoms with Gasteiger partial charge in [0.1, 0.15) is 11.5 Å². The molecule has 4 aromatic rings. The molecule has 234 valence electrons. The number of anilines is 1. The molecule has 0 saturated heterocycles. The van der Waals surface area contributed by atoms with Gasteiger partial charge in [-0.25, -0.2) is 8.42 Å². The van der Waals surface area contributed by atoms with Gasteiger partial charge in [-0.3, -0.25) is 9.59 Å². The number of hydrogen-bond donors (Lipinski definition) is 1. The molecule has 0 radical (unpaired) electrons. The van der Waals surface area contributed by atoms with Crippen LogP contribution in [0.25, 0.3) is 0 Å². The van der Waals surface area contributed by atoms with E-state index in [9.17, 15) is 18.0 Å². The van der Waals surface area contributed by atoms with Crippen LogP contribution in [0.4, 0.5) is 5.69 Å². The van der Waals surface area contributed by atoms with Gasteiger partial charge in [0.2, 0.25) is 15.9 Å². The summed E-state index contributed by atoms with van der Waals surface area (Å²) in [6.45, 7) is 3.98. The van der Waals surface area contributed by atoms with E-state index in [1.807, 2.05) is 67.6 Å². The molecule has 10 heteroatoms. The monoisotopic (exact) mass is 627 g/mol. The van der Waals surface area contributed by atoms with Crippen molar-refractivity contribution in [1.29, 1.82) is 0 Å². The van der Waals surface area contributed by atoms with Crippen LogP contribution in [-0.2, 0) is 32.6 Å². The fraction of sp³-hybridized carbons (Fsp3) is 0.257. The molecule has 1 aliphatic rings. The molecule has 4 aromatic carbocycles. The van der Waals surface area contributed by atoms with Crippen LogP contribution in [0.5, 0.6) is 11.5 Å². The van der Waals surface area contributed by atoms with E-state index in [0.717, 1.165) is 11.1 Å². The van der Waals surface area contributed by atoms with Gasteiger partial charge in [-0.1, -0.05) is 72.8 Å². The molecule has 1 atom stereocenters. The smallest absolute Gasteiger partial charge is 0.262 e. The number of fused-ring (bicyclic) bond motifs is 1. The van der Waals surface area contributed by atoms with Gasteiger partial charge < -0.3 is 19.7 Å². The van der Waals surface area contributed by atoms with Crippen molar-refractivity contribution in [2.45, 2.75) is 37.8 Å². The van der Waals surface area contributed by atoms with Gasteiger partial charge in [-0.15, -0.1) is 0 Å². The molecule has 0 aromatic heterocycles. The van der Waals surface area contributed by atoms with Crippen molar-refractivity contribution in [3.05, 3.63) is 120 Å². The van der Waals surface area contributed by atoms with Crippen LogP contribution < -0.4 is 19.7 Å². The van der Waals surface area contributed by atoms with Gasteiger partial charge >= 0.3 is 0 Å². The summed E-state index contributed by atoms with van der Waals surface area (Å²) in [7, 11) is -4.11. The molecule has 1 N–H and O–H groups in total. The summed E-state index contributed by atoms with van der Waals surface area (Å²) in [4.78, 5) is 28.7. The maximum Gasteiger partial charge on any atom is 0.262 e. The molecular formula is C35H37N3O6S. The highest BCUT2D eigenvalue weighted by Crippen LogP contribution is 2.34. The van der Waals surface area contributed by atoms with Crippen LogP contribution >= 0.6 is 0 Å². The van der Waals surface area contributed by atoms with E-state index in [-0.39, 0.29) is 23.9 Å². The molecule has 0 fully saturated rings. The number of nitrogens with zero attached hydrogens (tertiary/aromatic N) is 2. The zero-order valence-corrected chi connectivity index (χ0v) is 26.2. The number of para-hydroxylation sites is 2. The van der Waals surface area contributed by atoms with Crippen LogP contribution in [0, 0.1) is 6.92 Å². The Hall–Kier alpha value is -4.67. The lowest BCUT2D eigenvalue weighted by Gasteiger charge is -2.35. The Balaban J connectivity index is 1.38. The first-order chi connectivity index (χ1) is 21.8. The highest BCUT2D eigenvalue weighted by molar-refractivity contribution is 7.89. The largest absolute Gasteiger partial charge is 0.494 e. The van der Waals surface area contributed by atoms with Gasteiger partial charge in [0.25, 0.3) is 5.91 Å². The van der Waals surface area contributed by atoms with E-state index < -0.39 is 28.6 Å². The number of hydrogen-bond acceptors (Lipinski definition) is 6. The SMILES string of the molecule is CCOc1ccc(S(=O)(=O)N(CC(=O)N2C[C@@H](C(=O)NCCc3ccccc3)Oc3ccccc32)Cc2ccccc2)cc1C. The Morgan fingerprint density at radius 3 is 2.29 bits per heavy atom. The van der Waals surface area contributed by atoms with Crippen molar-refractivity contribution < 1.29 is 27.5 Å². The van der Waals surface area contributed by atoms with E-state index in [1.165, 1.54) is 15.3 Å². The fourth-order valence-corrected chi connectivity index (χ4v) is 6.66. The molecule has 45 heavy (non-hydrogen) atoms. The standard InChI is InChI=1S/C35H37N3O6S/c1-3-43-31-19-18-29(22-26(31)2)45(41,42)37(23-28-14-8-5-9-15-28)25-34(39)38-24-33(44-32-17-11-10-16-30(32)38)35(40)36-21-20-27-12-6-4-7-13-27/h4-19,22,33H,3,20-21,23-25H2,1-2H3,(H,36,40)/t33-/m0/s1. The first-order valence-corrected chi connectivity index (χ1v) is 16.4. The second-order valence-electron chi connectivity index (χ2n) is 10.7. The minimum Gasteiger partial charge on any atom is -0.494 e. The summed E-state index contributed by atoms with van der Waals surface area (Å²) in [5, 5.41) is 2.91. The van der Waals surface area contributed by atoms with Crippen molar-refractivity contribution in [1.82, 2.24) is 9.62 Å². The van der Waals surface area contributed by atoms with Gasteiger partial charge in [0.05, 0.1) is 30.3 Å². The Morgan fingerprint density at radius 2 is 1.60 bits per heavy atom. The fourth-order valence-electron chi connectivity index (χ4n) is 5.19. The number of sulfonamides is 1. The Kier molecular flexibility index (Phi) is 10.2. The molecule has 0 aliphatic carbocycles. The van der Waals surface area contributed by atoms with Crippen LogP contribution in [0.2, 0.25) is 0 Å². The number of rotatable bonds is 12. The molecule has 5 rings (SSSR count). The summed E-state index contributed by atoms with van der Waals surface area (Å²) in [5.41, 5.74) is 2.97. The van der Waals surface area contributed by atoms with Crippen LogP contribution in [0.3, 0.4) is 0 Å². The number of aryl methyl sites for hydroxylation is 1. The Bertz CT molecular complexity index is 1730. The van der Waals surface area contributed by atoms with Crippen LogP contribution in [0.1, 0.15) is 23.6 Å². The van der Waals surface area contributed by atoms with E-state index in [4.69, 9.17) is 9.47 Å². The van der Waals surface area contributed by atoms with Crippen molar-refractivity contribution in [2.24, 2.45) is 0 Å². The molecule has 9 nitrogen and oxygen atoms in total. The van der Waals surface area contributed by atoms with E-state index in [2.05, 4.69) is 5.32 Å². The lowest BCUT2D eigenvalue weighted by atomic mass is 10.1. The van der Waals surface area contributed by atoms with E-state index in [1.54, 1.807) is 43.3 Å². The number of benzene rings is 4. The predicted molar refractivity (Wildman–Crippen MR) is 173 cm³/mol. The maximum atomic E-state index is 14.1. The first kappa shape index (κ1) is 31.7. The van der Waals surface area contributed by atoms with Crippen molar-refractivity contribution in [3.63, 3.8) is 0 Å². The quantitative estimate of drug-likeness (QED) is 0.243. The van der Waals surface area contributed by atoms with Gasteiger partial charge in [-0.05, 0) is 67.3 Å². The molecule has 0 spiro atoms. The lowest BCUT2D eigenvalue weighted by Crippen LogP contribution is -2.53. The van der Waals surface area contributed by atoms with Gasteiger partial charge in [-0.2, -0.15) is 4.31 Å². The molecule has 2 amide bonds. The van der Waals surface area contributed by atoms with Crippen molar-refractivity contribution in [3.8, 4) is 11.5 Å². The first-order valence-electron chi connectivity index (χ1n) is 14.9. The normalized spacial score (nSPS) is 14.4. The summed E-state index contributed by atoms with van der Waals surface area (Å²) >= 11 is 0. The minimum atomic E-state index is -4.11. The summed E-state index contributed by atoms with van der Waals surface area (Å²) in [5.74, 6) is 0.145. The number of amides is 2. The third-order valence-electron chi connectivity index (χ3n) is 7.52. The second-order valence-corrected chi connectivity index (χ2v) is 12.7. The zero-order valence-electron chi connectivity index (χ0n) is 25.4. The average molecular weight is 628 g/mol. The second kappa shape index (κ2) is 14.4. The summed E-state index contributed by atoms with van der Waals surface area (Å²) in [6, 6.07) is 30.6. The van der Waals surface area contributed by atoms with Gasteiger partial charge in [0, 0.05) is 13.1 Å². The summed E-state index contributed by atoms with van der Waals surface area (Å²) < 4.78 is 40.9. The Labute approximate surface area is 264 Å². The topological polar surface area (TPSA) is 105 Å². The number of ether oxygens (including phenoxy) is 2. The zero-order chi connectivity index (χ0) is 31.8. The third kappa shape index (κ3) is 7.71. The maximum absolute atomic E-state index is 14.1. The molecule has 0 saturated carbocycles. The van der Waals surface area contributed by atoms with Crippen molar-refractivity contribution >= 4 is 27.5 Å². The van der Waals surface area contributed by atoms with Crippen LogP contribution in [-0.4, -0.2) is 56.9 Å². The number of carbonyl (C=O) groups is 2. The Morgan fingerprint density at radius 1 is 0.933 bits per heavy atom.